The Morgan fingerprint density at radius 3 is 2.12 bits per heavy atom. The zero-order chi connectivity index (χ0) is 17.5. The molecule has 0 radical (unpaired) electrons. The minimum atomic E-state index is -0.972. The molecule has 0 spiro atoms. The maximum absolute atomic E-state index is 12.9. The van der Waals surface area contributed by atoms with Crippen molar-refractivity contribution < 1.29 is 14.7 Å². The van der Waals surface area contributed by atoms with Crippen molar-refractivity contribution >= 4 is 11.9 Å². The van der Waals surface area contributed by atoms with Gasteiger partial charge >= 0.3 is 5.97 Å². The highest BCUT2D eigenvalue weighted by molar-refractivity contribution is 5.95. The van der Waals surface area contributed by atoms with Crippen LogP contribution in [0.5, 0.6) is 0 Å². The van der Waals surface area contributed by atoms with E-state index in [2.05, 4.69) is 4.90 Å². The molecular formula is C19H28N2O3. The van der Waals surface area contributed by atoms with Gasteiger partial charge in [0.05, 0.1) is 5.56 Å². The minimum absolute atomic E-state index is 0.000591. The van der Waals surface area contributed by atoms with Crippen LogP contribution >= 0.6 is 0 Å². The molecule has 1 saturated carbocycles. The van der Waals surface area contributed by atoms with E-state index in [9.17, 15) is 9.59 Å². The molecule has 2 rings (SSSR count). The van der Waals surface area contributed by atoms with Crippen LogP contribution in [-0.4, -0.2) is 60.5 Å². The fourth-order valence-corrected chi connectivity index (χ4v) is 3.22. The number of benzene rings is 1. The van der Waals surface area contributed by atoms with Gasteiger partial charge in [0.2, 0.25) is 0 Å². The van der Waals surface area contributed by atoms with Crippen molar-refractivity contribution in [2.24, 2.45) is 5.92 Å². The van der Waals surface area contributed by atoms with Crippen LogP contribution in [0.1, 0.15) is 52.8 Å². The summed E-state index contributed by atoms with van der Waals surface area (Å²) >= 11 is 0. The van der Waals surface area contributed by atoms with E-state index in [4.69, 9.17) is 5.11 Å². The lowest BCUT2D eigenvalue weighted by molar-refractivity contribution is 0.0685. The number of nitrogens with zero attached hydrogens (tertiary/aromatic N) is 2. The van der Waals surface area contributed by atoms with Gasteiger partial charge in [0.15, 0.2) is 0 Å². The number of hydrogen-bond donors (Lipinski definition) is 1. The number of carboxylic acid groups (broad SMARTS) is 1. The van der Waals surface area contributed by atoms with Crippen LogP contribution in [0.15, 0.2) is 24.3 Å². The Morgan fingerprint density at radius 2 is 1.58 bits per heavy atom. The molecule has 5 heteroatoms. The number of carboxylic acids is 1. The molecule has 1 amide bonds. The van der Waals surface area contributed by atoms with Gasteiger partial charge in [-0.05, 0) is 57.1 Å². The van der Waals surface area contributed by atoms with Crippen LogP contribution in [-0.2, 0) is 0 Å². The molecule has 0 unspecified atom stereocenters. The highest BCUT2D eigenvalue weighted by atomic mass is 16.4. The molecule has 0 aliphatic heterocycles. The van der Waals surface area contributed by atoms with Crippen molar-refractivity contribution in [3.05, 3.63) is 35.4 Å². The normalized spacial score (nSPS) is 15.5. The molecule has 1 fully saturated rings. The number of amides is 1. The minimum Gasteiger partial charge on any atom is -0.478 e. The lowest BCUT2D eigenvalue weighted by atomic mass is 9.89. The van der Waals surface area contributed by atoms with Crippen LogP contribution < -0.4 is 0 Å². The van der Waals surface area contributed by atoms with Gasteiger partial charge in [0.1, 0.15) is 0 Å². The number of carbonyl (C=O) groups excluding carboxylic acids is 1. The van der Waals surface area contributed by atoms with E-state index >= 15 is 0 Å². The van der Waals surface area contributed by atoms with E-state index in [-0.39, 0.29) is 11.5 Å². The van der Waals surface area contributed by atoms with E-state index in [1.165, 1.54) is 44.2 Å². The Balaban J connectivity index is 2.08. The Morgan fingerprint density at radius 1 is 1.00 bits per heavy atom. The van der Waals surface area contributed by atoms with Crippen molar-refractivity contribution in [2.75, 3.05) is 33.7 Å². The van der Waals surface area contributed by atoms with Crippen LogP contribution in [0.3, 0.4) is 0 Å². The Hall–Kier alpha value is -1.88. The van der Waals surface area contributed by atoms with Crippen molar-refractivity contribution in [1.29, 1.82) is 0 Å². The zero-order valence-corrected chi connectivity index (χ0v) is 14.7. The van der Waals surface area contributed by atoms with Gasteiger partial charge in [-0.15, -0.1) is 0 Å². The van der Waals surface area contributed by atoms with Gasteiger partial charge < -0.3 is 14.9 Å². The summed E-state index contributed by atoms with van der Waals surface area (Å²) in [6.45, 7) is 2.32. The Kier molecular flexibility index (Phi) is 6.79. The molecule has 0 aromatic heterocycles. The second-order valence-electron chi connectivity index (χ2n) is 6.94. The molecule has 0 bridgehead atoms. The second kappa shape index (κ2) is 8.83. The number of aromatic carboxylic acids is 1. The SMILES string of the molecule is CN(C)CCN(CC1CCCCC1)C(=O)c1ccc(C(=O)O)cc1. The predicted molar refractivity (Wildman–Crippen MR) is 94.4 cm³/mol. The third-order valence-electron chi connectivity index (χ3n) is 4.69. The van der Waals surface area contributed by atoms with Crippen LogP contribution in [0.25, 0.3) is 0 Å². The van der Waals surface area contributed by atoms with E-state index < -0.39 is 5.97 Å². The van der Waals surface area contributed by atoms with Crippen molar-refractivity contribution in [3.8, 4) is 0 Å². The molecule has 5 nitrogen and oxygen atoms in total. The topological polar surface area (TPSA) is 60.9 Å². The van der Waals surface area contributed by atoms with Gasteiger partial charge in [-0.3, -0.25) is 4.79 Å². The number of rotatable bonds is 7. The molecular weight excluding hydrogens is 304 g/mol. The van der Waals surface area contributed by atoms with Crippen molar-refractivity contribution in [3.63, 3.8) is 0 Å². The van der Waals surface area contributed by atoms with E-state index in [0.717, 1.165) is 13.1 Å². The second-order valence-corrected chi connectivity index (χ2v) is 6.94. The molecule has 1 N–H and O–H groups in total. The smallest absolute Gasteiger partial charge is 0.335 e. The summed E-state index contributed by atoms with van der Waals surface area (Å²) in [7, 11) is 4.01. The lowest BCUT2D eigenvalue weighted by Gasteiger charge is -2.30. The first-order chi connectivity index (χ1) is 11.5. The summed E-state index contributed by atoms with van der Waals surface area (Å²) < 4.78 is 0. The van der Waals surface area contributed by atoms with Gasteiger partial charge in [0, 0.05) is 25.2 Å². The summed E-state index contributed by atoms with van der Waals surface area (Å²) in [6, 6.07) is 6.24. The molecule has 24 heavy (non-hydrogen) atoms. The fraction of sp³-hybridized carbons (Fsp3) is 0.579. The number of hydrogen-bond acceptors (Lipinski definition) is 3. The summed E-state index contributed by atoms with van der Waals surface area (Å²) in [5, 5.41) is 8.98. The maximum Gasteiger partial charge on any atom is 0.335 e. The van der Waals surface area contributed by atoms with Gasteiger partial charge in [-0.1, -0.05) is 19.3 Å². The number of likely N-dealkylation sites (N-methyl/N-ethyl adjacent to an activating group) is 1. The quantitative estimate of drug-likeness (QED) is 0.834. The monoisotopic (exact) mass is 332 g/mol. The van der Waals surface area contributed by atoms with Crippen LogP contribution in [0.2, 0.25) is 0 Å². The average molecular weight is 332 g/mol. The number of carbonyl (C=O) groups is 2. The predicted octanol–water partition coefficient (Wildman–Crippen LogP) is 2.97. The highest BCUT2D eigenvalue weighted by Gasteiger charge is 2.22. The first kappa shape index (κ1) is 18.5. The van der Waals surface area contributed by atoms with Crippen molar-refractivity contribution in [1.82, 2.24) is 9.80 Å². The molecule has 0 saturated heterocycles. The molecule has 1 aromatic rings. The van der Waals surface area contributed by atoms with E-state index in [0.29, 0.717) is 18.0 Å². The largest absolute Gasteiger partial charge is 0.478 e. The Bertz CT molecular complexity index is 548. The summed E-state index contributed by atoms with van der Waals surface area (Å²) in [6.07, 6.45) is 6.22. The molecule has 1 aliphatic rings. The fourth-order valence-electron chi connectivity index (χ4n) is 3.22. The van der Waals surface area contributed by atoms with Gasteiger partial charge in [-0.25, -0.2) is 4.79 Å². The van der Waals surface area contributed by atoms with E-state index in [1.54, 1.807) is 12.1 Å². The zero-order valence-electron chi connectivity index (χ0n) is 14.7. The maximum atomic E-state index is 12.9. The van der Waals surface area contributed by atoms with E-state index in [1.807, 2.05) is 19.0 Å². The highest BCUT2D eigenvalue weighted by Crippen LogP contribution is 2.25. The molecule has 0 heterocycles. The third kappa shape index (κ3) is 5.34. The Labute approximate surface area is 144 Å². The summed E-state index contributed by atoms with van der Waals surface area (Å²) in [4.78, 5) is 27.8. The molecule has 132 valence electrons. The van der Waals surface area contributed by atoms with Gasteiger partial charge in [0.25, 0.3) is 5.91 Å². The van der Waals surface area contributed by atoms with Gasteiger partial charge in [-0.2, -0.15) is 0 Å². The first-order valence-corrected chi connectivity index (χ1v) is 8.74. The average Bonchev–Trinajstić information content (AvgIpc) is 2.58. The lowest BCUT2D eigenvalue weighted by Crippen LogP contribution is -2.40. The first-order valence-electron chi connectivity index (χ1n) is 8.74. The molecule has 0 atom stereocenters. The van der Waals surface area contributed by atoms with Crippen molar-refractivity contribution in [2.45, 2.75) is 32.1 Å². The molecule has 1 aliphatic carbocycles. The van der Waals surface area contributed by atoms with Crippen LogP contribution in [0.4, 0.5) is 0 Å². The summed E-state index contributed by atoms with van der Waals surface area (Å²) in [5.41, 5.74) is 0.772. The van der Waals surface area contributed by atoms with Crippen LogP contribution in [0, 0.1) is 5.92 Å². The standard InChI is InChI=1S/C19H28N2O3/c1-20(2)12-13-21(14-15-6-4-3-5-7-15)18(22)16-8-10-17(11-9-16)19(23)24/h8-11,15H,3-7,12-14H2,1-2H3,(H,23,24). The molecule has 1 aromatic carbocycles. The summed E-state index contributed by atoms with van der Waals surface area (Å²) in [5.74, 6) is -0.386. The third-order valence-corrected chi connectivity index (χ3v) is 4.69.